The van der Waals surface area contributed by atoms with Gasteiger partial charge in [-0.2, -0.15) is 0 Å². The van der Waals surface area contributed by atoms with Gasteiger partial charge in [-0.25, -0.2) is 4.98 Å². The number of carbonyl (C=O) groups is 1. The Balaban J connectivity index is 1.98. The number of pyridine rings is 1. The lowest BCUT2D eigenvalue weighted by atomic mass is 10.0. The van der Waals surface area contributed by atoms with Crippen molar-refractivity contribution >= 4 is 16.7 Å². The third kappa shape index (κ3) is 1.99. The van der Waals surface area contributed by atoms with Gasteiger partial charge in [0.1, 0.15) is 5.69 Å². The summed E-state index contributed by atoms with van der Waals surface area (Å²) in [6, 6.07) is 11.5. The van der Waals surface area contributed by atoms with Crippen molar-refractivity contribution in [3.63, 3.8) is 0 Å². The van der Waals surface area contributed by atoms with Crippen LogP contribution in [0.4, 0.5) is 0 Å². The maximum Gasteiger partial charge on any atom is 0.210 e. The second kappa shape index (κ2) is 4.61. The Morgan fingerprint density at radius 3 is 2.89 bits per heavy atom. The van der Waals surface area contributed by atoms with E-state index in [1.807, 2.05) is 30.3 Å². The molecule has 0 fully saturated rings. The van der Waals surface area contributed by atoms with Gasteiger partial charge < -0.3 is 4.74 Å². The predicted octanol–water partition coefficient (Wildman–Crippen LogP) is 3.11. The van der Waals surface area contributed by atoms with Crippen molar-refractivity contribution < 1.29 is 9.53 Å². The van der Waals surface area contributed by atoms with E-state index in [-0.39, 0.29) is 5.78 Å². The molecule has 1 aliphatic rings. The highest BCUT2D eigenvalue weighted by molar-refractivity contribution is 6.08. The van der Waals surface area contributed by atoms with Gasteiger partial charge in [0.15, 0.2) is 0 Å². The highest BCUT2D eigenvalue weighted by Crippen LogP contribution is 2.18. The van der Waals surface area contributed by atoms with Crippen molar-refractivity contribution in [1.29, 1.82) is 0 Å². The summed E-state index contributed by atoms with van der Waals surface area (Å²) in [7, 11) is 0. The van der Waals surface area contributed by atoms with E-state index in [9.17, 15) is 4.79 Å². The number of carbonyl (C=O) groups excluding carboxylic acids is 1. The number of ether oxygens (including phenoxy) is 1. The van der Waals surface area contributed by atoms with Crippen molar-refractivity contribution in [3.8, 4) is 0 Å². The fourth-order valence-electron chi connectivity index (χ4n) is 2.09. The molecule has 3 rings (SSSR count). The summed E-state index contributed by atoms with van der Waals surface area (Å²) >= 11 is 0. The minimum atomic E-state index is -0.0274. The van der Waals surface area contributed by atoms with Gasteiger partial charge in [0.25, 0.3) is 0 Å². The van der Waals surface area contributed by atoms with E-state index < -0.39 is 0 Å². The van der Waals surface area contributed by atoms with Crippen molar-refractivity contribution in [2.75, 3.05) is 6.61 Å². The molecule has 0 amide bonds. The number of fused-ring (bicyclic) bond motifs is 1. The Kier molecular flexibility index (Phi) is 2.81. The molecule has 2 heterocycles. The van der Waals surface area contributed by atoms with Crippen LogP contribution in [0.25, 0.3) is 10.9 Å². The number of allylic oxidation sites excluding steroid dienone is 1. The Morgan fingerprint density at radius 2 is 2.06 bits per heavy atom. The zero-order valence-corrected chi connectivity index (χ0v) is 9.93. The van der Waals surface area contributed by atoms with Crippen LogP contribution in [0.1, 0.15) is 23.3 Å². The van der Waals surface area contributed by atoms with Gasteiger partial charge >= 0.3 is 0 Å². The summed E-state index contributed by atoms with van der Waals surface area (Å²) in [6.45, 7) is 0.696. The van der Waals surface area contributed by atoms with Gasteiger partial charge in [-0.15, -0.1) is 0 Å². The molecule has 0 aliphatic carbocycles. The van der Waals surface area contributed by atoms with Gasteiger partial charge in [-0.05, 0) is 25.0 Å². The molecule has 0 bridgehead atoms. The minimum absolute atomic E-state index is 0.0274. The molecular formula is C15H13NO2. The highest BCUT2D eigenvalue weighted by atomic mass is 16.5. The number of hydrogen-bond acceptors (Lipinski definition) is 3. The van der Waals surface area contributed by atoms with Gasteiger partial charge in [0.05, 0.1) is 18.4 Å². The first-order chi connectivity index (χ1) is 8.84. The quantitative estimate of drug-likeness (QED) is 0.756. The summed E-state index contributed by atoms with van der Waals surface area (Å²) in [5, 5.41) is 1.04. The number of benzene rings is 1. The van der Waals surface area contributed by atoms with Crippen LogP contribution in [0.5, 0.6) is 0 Å². The number of Topliss-reactive ketones (excluding diaryl/α,β-unsaturated/α-hetero) is 1. The summed E-state index contributed by atoms with van der Waals surface area (Å²) in [5.41, 5.74) is 2.05. The molecular weight excluding hydrogens is 226 g/mol. The molecule has 0 atom stereocenters. The number of nitrogens with zero attached hydrogens (tertiary/aromatic N) is 1. The Labute approximate surface area is 105 Å². The zero-order chi connectivity index (χ0) is 12.4. The molecule has 0 unspecified atom stereocenters. The first-order valence-corrected chi connectivity index (χ1v) is 6.06. The molecule has 0 saturated carbocycles. The third-order valence-electron chi connectivity index (χ3n) is 3.06. The molecule has 2 aromatic rings. The fourth-order valence-corrected chi connectivity index (χ4v) is 2.09. The number of ketones is 1. The average Bonchev–Trinajstić information content (AvgIpc) is 2.47. The van der Waals surface area contributed by atoms with Crippen LogP contribution in [0, 0.1) is 0 Å². The van der Waals surface area contributed by atoms with E-state index >= 15 is 0 Å². The normalized spacial score (nSPS) is 15.0. The van der Waals surface area contributed by atoms with Crippen LogP contribution >= 0.6 is 0 Å². The first-order valence-electron chi connectivity index (χ1n) is 6.06. The predicted molar refractivity (Wildman–Crippen MR) is 69.3 cm³/mol. The van der Waals surface area contributed by atoms with Gasteiger partial charge in [0, 0.05) is 11.0 Å². The van der Waals surface area contributed by atoms with E-state index in [1.165, 1.54) is 0 Å². The van der Waals surface area contributed by atoms with E-state index in [1.54, 1.807) is 12.3 Å². The third-order valence-corrected chi connectivity index (χ3v) is 3.06. The second-order valence-corrected chi connectivity index (χ2v) is 4.34. The standard InChI is InChI=1S/C15H13NO2/c17-15(12-5-3-9-18-10-12)14-8-7-11-4-1-2-6-13(11)16-14/h1-2,4,6-8,10H,3,5,9H2. The van der Waals surface area contributed by atoms with Gasteiger partial charge in [0.2, 0.25) is 5.78 Å². The molecule has 0 spiro atoms. The maximum atomic E-state index is 12.2. The van der Waals surface area contributed by atoms with Crippen molar-refractivity contribution in [2.24, 2.45) is 0 Å². The molecule has 90 valence electrons. The molecule has 0 N–H and O–H groups in total. The summed E-state index contributed by atoms with van der Waals surface area (Å²) in [4.78, 5) is 16.6. The topological polar surface area (TPSA) is 39.2 Å². The van der Waals surface area contributed by atoms with E-state index in [2.05, 4.69) is 4.98 Å². The van der Waals surface area contributed by atoms with Crippen molar-refractivity contribution in [2.45, 2.75) is 12.8 Å². The molecule has 18 heavy (non-hydrogen) atoms. The van der Waals surface area contributed by atoms with Crippen LogP contribution < -0.4 is 0 Å². The van der Waals surface area contributed by atoms with Crippen LogP contribution in [0.3, 0.4) is 0 Å². The van der Waals surface area contributed by atoms with E-state index in [0.29, 0.717) is 17.9 Å². The lowest BCUT2D eigenvalue weighted by Crippen LogP contribution is -2.10. The monoisotopic (exact) mass is 239 g/mol. The first kappa shape index (κ1) is 11.0. The Hall–Kier alpha value is -2.16. The van der Waals surface area contributed by atoms with Crippen molar-refractivity contribution in [1.82, 2.24) is 4.98 Å². The van der Waals surface area contributed by atoms with Gasteiger partial charge in [-0.3, -0.25) is 4.79 Å². The molecule has 3 nitrogen and oxygen atoms in total. The Bertz CT molecular complexity index is 631. The maximum absolute atomic E-state index is 12.2. The zero-order valence-electron chi connectivity index (χ0n) is 9.93. The fraction of sp³-hybridized carbons (Fsp3) is 0.200. The molecule has 3 heteroatoms. The molecule has 0 saturated heterocycles. The highest BCUT2D eigenvalue weighted by Gasteiger charge is 2.16. The second-order valence-electron chi connectivity index (χ2n) is 4.34. The molecule has 0 radical (unpaired) electrons. The summed E-state index contributed by atoms with van der Waals surface area (Å²) in [6.07, 6.45) is 3.24. The molecule has 1 aromatic heterocycles. The largest absolute Gasteiger partial charge is 0.501 e. The number of aromatic nitrogens is 1. The van der Waals surface area contributed by atoms with E-state index in [4.69, 9.17) is 4.74 Å². The smallest absolute Gasteiger partial charge is 0.210 e. The van der Waals surface area contributed by atoms with Crippen LogP contribution in [-0.4, -0.2) is 17.4 Å². The summed E-state index contributed by atoms with van der Waals surface area (Å²) < 4.78 is 5.20. The number of rotatable bonds is 2. The lowest BCUT2D eigenvalue weighted by Gasteiger charge is -2.12. The van der Waals surface area contributed by atoms with Crippen LogP contribution in [-0.2, 0) is 4.74 Å². The van der Waals surface area contributed by atoms with Gasteiger partial charge in [-0.1, -0.05) is 24.3 Å². The average molecular weight is 239 g/mol. The van der Waals surface area contributed by atoms with Crippen LogP contribution in [0.15, 0.2) is 48.2 Å². The number of para-hydroxylation sites is 1. The SMILES string of the molecule is O=C(C1=COCCC1)c1ccc2ccccc2n1. The summed E-state index contributed by atoms with van der Waals surface area (Å²) in [5.74, 6) is -0.0274. The Morgan fingerprint density at radius 1 is 1.17 bits per heavy atom. The number of hydrogen-bond donors (Lipinski definition) is 0. The van der Waals surface area contributed by atoms with Crippen LogP contribution in [0.2, 0.25) is 0 Å². The van der Waals surface area contributed by atoms with Crippen molar-refractivity contribution in [3.05, 3.63) is 53.9 Å². The molecule has 1 aromatic carbocycles. The molecule has 1 aliphatic heterocycles. The van der Waals surface area contributed by atoms with E-state index in [0.717, 1.165) is 23.7 Å². The minimum Gasteiger partial charge on any atom is -0.501 e. The lowest BCUT2D eigenvalue weighted by molar-refractivity contribution is 0.101.